The first-order valence-corrected chi connectivity index (χ1v) is 10.7. The molecule has 3 atom stereocenters. The number of carbonyl (C=O) groups excluding carboxylic acids is 2. The number of anilines is 1. The maximum atomic E-state index is 12.8. The fraction of sp³-hybridized carbons (Fsp3) is 0.348. The van der Waals surface area contributed by atoms with Crippen molar-refractivity contribution >= 4 is 28.5 Å². The van der Waals surface area contributed by atoms with Crippen LogP contribution >= 0.6 is 0 Å². The third-order valence-electron chi connectivity index (χ3n) is 6.54. The Bertz CT molecular complexity index is 1120. The van der Waals surface area contributed by atoms with Gasteiger partial charge in [-0.15, -0.1) is 0 Å². The molecule has 4 N–H and O–H groups in total. The molecule has 1 saturated heterocycles. The molecule has 0 spiro atoms. The minimum Gasteiger partial charge on any atom is -0.370 e. The lowest BCUT2D eigenvalue weighted by atomic mass is 9.78. The molecule has 160 valence electrons. The second kappa shape index (κ2) is 8.13. The zero-order valence-corrected chi connectivity index (χ0v) is 17.1. The van der Waals surface area contributed by atoms with Gasteiger partial charge in [0.1, 0.15) is 5.52 Å². The quantitative estimate of drug-likeness (QED) is 0.561. The normalized spacial score (nSPS) is 22.8. The number of aromatic nitrogens is 2. The highest BCUT2D eigenvalue weighted by molar-refractivity contribution is 6.02. The van der Waals surface area contributed by atoms with Crippen LogP contribution in [0.25, 0.3) is 16.6 Å². The van der Waals surface area contributed by atoms with Crippen molar-refractivity contribution in [2.45, 2.75) is 31.7 Å². The molecule has 2 aliphatic rings. The molecule has 1 saturated carbocycles. The van der Waals surface area contributed by atoms with Gasteiger partial charge in [0.15, 0.2) is 0 Å². The van der Waals surface area contributed by atoms with E-state index in [0.29, 0.717) is 22.9 Å². The SMILES string of the molecule is NOC(=O)c1cccc2cn(-c3ccc(NC(=O)C4NCC5CCCCC54)cc3)nc12. The molecule has 1 aliphatic heterocycles. The fourth-order valence-electron chi connectivity index (χ4n) is 4.97. The molecular formula is C23H25N5O3. The number of nitrogens with two attached hydrogens (primary N) is 1. The van der Waals surface area contributed by atoms with Crippen LogP contribution in [0.5, 0.6) is 0 Å². The lowest BCUT2D eigenvalue weighted by molar-refractivity contribution is -0.119. The topological polar surface area (TPSA) is 111 Å². The van der Waals surface area contributed by atoms with Gasteiger partial charge in [0.05, 0.1) is 17.3 Å². The molecule has 8 heteroatoms. The van der Waals surface area contributed by atoms with Gasteiger partial charge in [0.25, 0.3) is 0 Å². The van der Waals surface area contributed by atoms with Gasteiger partial charge in [-0.2, -0.15) is 11.0 Å². The summed E-state index contributed by atoms with van der Waals surface area (Å²) in [6, 6.07) is 12.6. The summed E-state index contributed by atoms with van der Waals surface area (Å²) in [7, 11) is 0. The highest BCUT2D eigenvalue weighted by Gasteiger charge is 2.40. The van der Waals surface area contributed by atoms with E-state index in [1.165, 1.54) is 19.3 Å². The number of nitrogens with one attached hydrogen (secondary N) is 2. The first-order chi connectivity index (χ1) is 15.1. The first kappa shape index (κ1) is 19.7. The van der Waals surface area contributed by atoms with Crippen molar-refractivity contribution in [2.24, 2.45) is 17.7 Å². The molecule has 2 fully saturated rings. The summed E-state index contributed by atoms with van der Waals surface area (Å²) in [6.07, 6.45) is 6.67. The van der Waals surface area contributed by atoms with Crippen molar-refractivity contribution in [2.75, 3.05) is 11.9 Å². The number of nitrogens with zero attached hydrogens (tertiary/aromatic N) is 2. The predicted octanol–water partition coefficient (Wildman–Crippen LogP) is 2.77. The van der Waals surface area contributed by atoms with E-state index in [1.54, 1.807) is 16.8 Å². The Balaban J connectivity index is 1.32. The Morgan fingerprint density at radius 2 is 1.94 bits per heavy atom. The Morgan fingerprint density at radius 3 is 2.74 bits per heavy atom. The highest BCUT2D eigenvalue weighted by atomic mass is 16.7. The van der Waals surface area contributed by atoms with Gasteiger partial charge in [-0.25, -0.2) is 9.48 Å². The zero-order chi connectivity index (χ0) is 21.4. The van der Waals surface area contributed by atoms with Crippen molar-refractivity contribution in [3.8, 4) is 5.69 Å². The van der Waals surface area contributed by atoms with Crippen LogP contribution in [-0.4, -0.2) is 34.2 Å². The minimum absolute atomic E-state index is 0.0388. The zero-order valence-electron chi connectivity index (χ0n) is 17.1. The molecule has 1 aliphatic carbocycles. The average Bonchev–Trinajstić information content (AvgIpc) is 3.43. The van der Waals surface area contributed by atoms with Crippen molar-refractivity contribution < 1.29 is 14.4 Å². The van der Waals surface area contributed by atoms with E-state index in [2.05, 4.69) is 20.6 Å². The summed E-state index contributed by atoms with van der Waals surface area (Å²) < 4.78 is 1.69. The van der Waals surface area contributed by atoms with Crippen LogP contribution in [0.3, 0.4) is 0 Å². The molecule has 3 unspecified atom stereocenters. The predicted molar refractivity (Wildman–Crippen MR) is 117 cm³/mol. The fourth-order valence-corrected chi connectivity index (χ4v) is 4.97. The van der Waals surface area contributed by atoms with E-state index < -0.39 is 5.97 Å². The smallest absolute Gasteiger partial charge is 0.358 e. The van der Waals surface area contributed by atoms with E-state index in [4.69, 9.17) is 5.90 Å². The molecule has 1 amide bonds. The summed E-state index contributed by atoms with van der Waals surface area (Å²) in [6.45, 7) is 0.939. The van der Waals surface area contributed by atoms with Gasteiger partial charge in [0, 0.05) is 17.3 Å². The number of hydrogen-bond donors (Lipinski definition) is 3. The summed E-state index contributed by atoms with van der Waals surface area (Å²) in [5.41, 5.74) is 2.39. The monoisotopic (exact) mass is 419 g/mol. The molecule has 1 aromatic heterocycles. The Hall–Kier alpha value is -3.23. The van der Waals surface area contributed by atoms with Crippen molar-refractivity contribution in [1.82, 2.24) is 15.1 Å². The largest absolute Gasteiger partial charge is 0.370 e. The standard InChI is InChI=1S/C23H25N5O3/c24-31-23(30)19-7-3-5-15-13-28(27-20(15)19)17-10-8-16(9-11-17)26-22(29)21-18-6-2-1-4-14(18)12-25-21/h3,5,7-11,13-14,18,21,25H,1-2,4,6,12,24H2,(H,26,29). The highest BCUT2D eigenvalue weighted by Crippen LogP contribution is 2.36. The second-order valence-electron chi connectivity index (χ2n) is 8.35. The van der Waals surface area contributed by atoms with Crippen LogP contribution in [-0.2, 0) is 9.63 Å². The average molecular weight is 419 g/mol. The van der Waals surface area contributed by atoms with Crippen LogP contribution in [0.4, 0.5) is 5.69 Å². The molecule has 0 bridgehead atoms. The number of hydrogen-bond acceptors (Lipinski definition) is 6. The minimum atomic E-state index is -0.630. The summed E-state index contributed by atoms with van der Waals surface area (Å²) in [4.78, 5) is 29.1. The lowest BCUT2D eigenvalue weighted by Gasteiger charge is -2.27. The van der Waals surface area contributed by atoms with Crippen LogP contribution in [0, 0.1) is 11.8 Å². The third kappa shape index (κ3) is 3.68. The van der Waals surface area contributed by atoms with Gasteiger partial charge in [0.2, 0.25) is 5.91 Å². The molecular weight excluding hydrogens is 394 g/mol. The van der Waals surface area contributed by atoms with E-state index in [-0.39, 0.29) is 11.9 Å². The van der Waals surface area contributed by atoms with Gasteiger partial charge in [-0.05, 0) is 61.6 Å². The Labute approximate surface area is 179 Å². The third-order valence-corrected chi connectivity index (χ3v) is 6.54. The van der Waals surface area contributed by atoms with Crippen LogP contribution in [0.1, 0.15) is 36.0 Å². The van der Waals surface area contributed by atoms with E-state index in [9.17, 15) is 9.59 Å². The molecule has 8 nitrogen and oxygen atoms in total. The van der Waals surface area contributed by atoms with E-state index in [1.807, 2.05) is 36.5 Å². The van der Waals surface area contributed by atoms with Crippen LogP contribution in [0.2, 0.25) is 0 Å². The molecule has 2 heterocycles. The number of rotatable bonds is 4. The van der Waals surface area contributed by atoms with E-state index >= 15 is 0 Å². The molecule has 2 aromatic carbocycles. The second-order valence-corrected chi connectivity index (χ2v) is 8.35. The lowest BCUT2D eigenvalue weighted by Crippen LogP contribution is -2.40. The first-order valence-electron chi connectivity index (χ1n) is 10.7. The number of fused-ring (bicyclic) bond motifs is 2. The summed E-state index contributed by atoms with van der Waals surface area (Å²) in [5, 5.41) is 11.8. The molecule has 3 aromatic rings. The van der Waals surface area contributed by atoms with Gasteiger partial charge >= 0.3 is 5.97 Å². The van der Waals surface area contributed by atoms with Crippen LogP contribution < -0.4 is 16.5 Å². The number of amides is 1. The Morgan fingerprint density at radius 1 is 1.13 bits per heavy atom. The van der Waals surface area contributed by atoms with Crippen molar-refractivity contribution in [1.29, 1.82) is 0 Å². The maximum Gasteiger partial charge on any atom is 0.358 e. The van der Waals surface area contributed by atoms with Crippen molar-refractivity contribution in [3.63, 3.8) is 0 Å². The van der Waals surface area contributed by atoms with Crippen molar-refractivity contribution in [3.05, 3.63) is 54.2 Å². The van der Waals surface area contributed by atoms with Crippen LogP contribution in [0.15, 0.2) is 48.7 Å². The maximum absolute atomic E-state index is 12.8. The van der Waals surface area contributed by atoms with Gasteiger partial charge < -0.3 is 15.5 Å². The van der Waals surface area contributed by atoms with Gasteiger partial charge in [-0.1, -0.05) is 25.0 Å². The van der Waals surface area contributed by atoms with E-state index in [0.717, 1.165) is 29.7 Å². The Kier molecular flexibility index (Phi) is 5.17. The van der Waals surface area contributed by atoms with Gasteiger partial charge in [-0.3, -0.25) is 4.79 Å². The molecule has 0 radical (unpaired) electrons. The summed E-state index contributed by atoms with van der Waals surface area (Å²) >= 11 is 0. The number of benzene rings is 2. The number of carbonyl (C=O) groups is 2. The molecule has 31 heavy (non-hydrogen) atoms. The molecule has 5 rings (SSSR count). The summed E-state index contributed by atoms with van der Waals surface area (Å²) in [5.74, 6) is 5.51.